The SMILES string of the molecule is CCCCNC(=O)C1CCCN(C(=O)c2ccc(N(CC)C(C)C)cc2)C1. The van der Waals surface area contributed by atoms with E-state index in [1.165, 1.54) is 0 Å². The molecule has 1 aliphatic rings. The van der Waals surface area contributed by atoms with Crippen LogP contribution in [0.4, 0.5) is 5.69 Å². The van der Waals surface area contributed by atoms with Crippen molar-refractivity contribution in [3.05, 3.63) is 29.8 Å². The first-order valence-electron chi connectivity index (χ1n) is 10.4. The van der Waals surface area contributed by atoms with Crippen LogP contribution in [0.15, 0.2) is 24.3 Å². The van der Waals surface area contributed by atoms with Gasteiger partial charge in [-0.1, -0.05) is 13.3 Å². The summed E-state index contributed by atoms with van der Waals surface area (Å²) in [6.45, 7) is 11.5. The smallest absolute Gasteiger partial charge is 0.253 e. The van der Waals surface area contributed by atoms with Crippen LogP contribution in [0.5, 0.6) is 0 Å². The largest absolute Gasteiger partial charge is 0.369 e. The fourth-order valence-corrected chi connectivity index (χ4v) is 3.73. The van der Waals surface area contributed by atoms with Crippen LogP contribution in [0.3, 0.4) is 0 Å². The molecule has 1 N–H and O–H groups in total. The van der Waals surface area contributed by atoms with Gasteiger partial charge in [-0.25, -0.2) is 0 Å². The predicted molar refractivity (Wildman–Crippen MR) is 111 cm³/mol. The van der Waals surface area contributed by atoms with E-state index in [9.17, 15) is 9.59 Å². The first kappa shape index (κ1) is 21.3. The zero-order valence-electron chi connectivity index (χ0n) is 17.3. The summed E-state index contributed by atoms with van der Waals surface area (Å²) < 4.78 is 0. The van der Waals surface area contributed by atoms with Crippen LogP contribution in [0.25, 0.3) is 0 Å². The molecule has 1 aromatic rings. The normalized spacial score (nSPS) is 17.1. The van der Waals surface area contributed by atoms with Crippen LogP contribution in [-0.2, 0) is 4.79 Å². The molecular formula is C22H35N3O2. The molecule has 1 aromatic carbocycles. The van der Waals surface area contributed by atoms with Gasteiger partial charge in [-0.2, -0.15) is 0 Å². The molecule has 27 heavy (non-hydrogen) atoms. The van der Waals surface area contributed by atoms with Crippen molar-refractivity contribution in [2.24, 2.45) is 5.92 Å². The molecule has 150 valence electrons. The van der Waals surface area contributed by atoms with Crippen molar-refractivity contribution in [1.82, 2.24) is 10.2 Å². The lowest BCUT2D eigenvalue weighted by Crippen LogP contribution is -2.45. The summed E-state index contributed by atoms with van der Waals surface area (Å²) in [5.41, 5.74) is 1.83. The third kappa shape index (κ3) is 5.72. The number of piperidine rings is 1. The molecule has 2 rings (SSSR count). The Morgan fingerprint density at radius 2 is 1.93 bits per heavy atom. The predicted octanol–water partition coefficient (Wildman–Crippen LogP) is 3.69. The van der Waals surface area contributed by atoms with Gasteiger partial charge in [0.1, 0.15) is 0 Å². The summed E-state index contributed by atoms with van der Waals surface area (Å²) in [5.74, 6) is 0.0300. The van der Waals surface area contributed by atoms with Gasteiger partial charge in [-0.3, -0.25) is 9.59 Å². The molecule has 1 atom stereocenters. The molecule has 1 heterocycles. The van der Waals surface area contributed by atoms with Gasteiger partial charge < -0.3 is 15.1 Å². The Hall–Kier alpha value is -2.04. The van der Waals surface area contributed by atoms with Crippen molar-refractivity contribution in [2.75, 3.05) is 31.1 Å². The number of amides is 2. The van der Waals surface area contributed by atoms with Gasteiger partial charge in [0.25, 0.3) is 5.91 Å². The number of nitrogens with zero attached hydrogens (tertiary/aromatic N) is 2. The van der Waals surface area contributed by atoms with Crippen LogP contribution < -0.4 is 10.2 Å². The standard InChI is InChI=1S/C22H35N3O2/c1-5-7-14-23-21(26)19-9-8-15-24(16-19)22(27)18-10-12-20(13-11-18)25(6-2)17(3)4/h10-13,17,19H,5-9,14-16H2,1-4H3,(H,23,26). The Bertz CT molecular complexity index is 612. The average Bonchev–Trinajstić information content (AvgIpc) is 2.68. The molecule has 0 aliphatic carbocycles. The zero-order valence-corrected chi connectivity index (χ0v) is 17.3. The molecule has 1 saturated heterocycles. The van der Waals surface area contributed by atoms with Crippen LogP contribution in [0.1, 0.15) is 63.7 Å². The topological polar surface area (TPSA) is 52.7 Å². The number of carbonyl (C=O) groups excluding carboxylic acids is 2. The molecule has 0 saturated carbocycles. The minimum absolute atomic E-state index is 0.0280. The van der Waals surface area contributed by atoms with Gasteiger partial charge in [0.2, 0.25) is 5.91 Å². The maximum Gasteiger partial charge on any atom is 0.253 e. The number of anilines is 1. The molecule has 1 fully saturated rings. The van der Waals surface area contributed by atoms with Crippen molar-refractivity contribution in [3.8, 4) is 0 Å². The Morgan fingerprint density at radius 3 is 2.52 bits per heavy atom. The second-order valence-electron chi connectivity index (χ2n) is 7.66. The Kier molecular flexibility index (Phi) is 8.14. The first-order chi connectivity index (χ1) is 13.0. The molecule has 0 radical (unpaired) electrons. The van der Waals surface area contributed by atoms with Crippen molar-refractivity contribution >= 4 is 17.5 Å². The quantitative estimate of drug-likeness (QED) is 0.707. The Morgan fingerprint density at radius 1 is 1.22 bits per heavy atom. The van der Waals surface area contributed by atoms with E-state index in [1.54, 1.807) is 0 Å². The highest BCUT2D eigenvalue weighted by Gasteiger charge is 2.28. The molecule has 2 amide bonds. The van der Waals surface area contributed by atoms with Gasteiger partial charge in [-0.15, -0.1) is 0 Å². The van der Waals surface area contributed by atoms with Crippen molar-refractivity contribution < 1.29 is 9.59 Å². The zero-order chi connectivity index (χ0) is 19.8. The van der Waals surface area contributed by atoms with E-state index in [0.29, 0.717) is 18.2 Å². The molecule has 5 nitrogen and oxygen atoms in total. The third-order valence-corrected chi connectivity index (χ3v) is 5.32. The van der Waals surface area contributed by atoms with Gasteiger partial charge in [0.15, 0.2) is 0 Å². The fraction of sp³-hybridized carbons (Fsp3) is 0.636. The Balaban J connectivity index is 1.99. The van der Waals surface area contributed by atoms with Crippen LogP contribution >= 0.6 is 0 Å². The molecular weight excluding hydrogens is 338 g/mol. The van der Waals surface area contributed by atoms with Crippen molar-refractivity contribution in [3.63, 3.8) is 0 Å². The van der Waals surface area contributed by atoms with Crippen molar-refractivity contribution in [2.45, 2.75) is 59.4 Å². The number of rotatable bonds is 8. The molecule has 1 unspecified atom stereocenters. The number of unbranched alkanes of at least 4 members (excludes halogenated alkanes) is 1. The second-order valence-corrected chi connectivity index (χ2v) is 7.66. The van der Waals surface area contributed by atoms with Gasteiger partial charge in [-0.05, 0) is 64.3 Å². The number of carbonyl (C=O) groups is 2. The van der Waals surface area contributed by atoms with Gasteiger partial charge >= 0.3 is 0 Å². The van der Waals surface area contributed by atoms with E-state index in [-0.39, 0.29) is 17.7 Å². The van der Waals surface area contributed by atoms with Gasteiger partial charge in [0.05, 0.1) is 5.92 Å². The highest BCUT2D eigenvalue weighted by atomic mass is 16.2. The minimum Gasteiger partial charge on any atom is -0.369 e. The van der Waals surface area contributed by atoms with E-state index < -0.39 is 0 Å². The number of likely N-dealkylation sites (tertiary alicyclic amines) is 1. The van der Waals surface area contributed by atoms with E-state index in [2.05, 4.69) is 37.9 Å². The first-order valence-corrected chi connectivity index (χ1v) is 10.4. The lowest BCUT2D eigenvalue weighted by molar-refractivity contribution is -0.126. The summed E-state index contributed by atoms with van der Waals surface area (Å²) in [4.78, 5) is 29.4. The highest BCUT2D eigenvalue weighted by molar-refractivity contribution is 5.95. The summed E-state index contributed by atoms with van der Waals surface area (Å²) >= 11 is 0. The molecule has 0 spiro atoms. The van der Waals surface area contributed by atoms with Crippen LogP contribution in [0.2, 0.25) is 0 Å². The minimum atomic E-state index is -0.0876. The van der Waals surface area contributed by atoms with Gasteiger partial charge in [0, 0.05) is 43.5 Å². The lowest BCUT2D eigenvalue weighted by atomic mass is 9.96. The van der Waals surface area contributed by atoms with Crippen LogP contribution in [-0.4, -0.2) is 48.9 Å². The maximum absolute atomic E-state index is 12.9. The third-order valence-electron chi connectivity index (χ3n) is 5.32. The molecule has 0 aromatic heterocycles. The van der Waals surface area contributed by atoms with E-state index >= 15 is 0 Å². The number of benzene rings is 1. The summed E-state index contributed by atoms with van der Waals surface area (Å²) in [5, 5.41) is 3.01. The monoisotopic (exact) mass is 373 g/mol. The summed E-state index contributed by atoms with van der Waals surface area (Å²) in [6, 6.07) is 8.29. The number of hydrogen-bond acceptors (Lipinski definition) is 3. The maximum atomic E-state index is 12.9. The summed E-state index contributed by atoms with van der Waals surface area (Å²) in [6.07, 6.45) is 3.81. The Labute approximate surface area is 164 Å². The van der Waals surface area contributed by atoms with E-state index in [0.717, 1.165) is 51.0 Å². The molecule has 5 heteroatoms. The molecule has 0 bridgehead atoms. The number of nitrogens with one attached hydrogen (secondary N) is 1. The summed E-state index contributed by atoms with van der Waals surface area (Å²) in [7, 11) is 0. The van der Waals surface area contributed by atoms with Crippen molar-refractivity contribution in [1.29, 1.82) is 0 Å². The number of hydrogen-bond donors (Lipinski definition) is 1. The average molecular weight is 374 g/mol. The molecule has 1 aliphatic heterocycles. The highest BCUT2D eigenvalue weighted by Crippen LogP contribution is 2.21. The fourth-order valence-electron chi connectivity index (χ4n) is 3.73. The van der Waals surface area contributed by atoms with E-state index in [1.807, 2.05) is 29.2 Å². The van der Waals surface area contributed by atoms with E-state index in [4.69, 9.17) is 0 Å². The van der Waals surface area contributed by atoms with Crippen LogP contribution in [0, 0.1) is 5.92 Å². The lowest BCUT2D eigenvalue weighted by Gasteiger charge is -2.32. The second kappa shape index (κ2) is 10.3.